The Morgan fingerprint density at radius 3 is 2.46 bits per heavy atom. The standard InChI is InChI=1S/C22H25NO5/c1-5-28-22(26)17-13(3)23-15-11-12(2)16(21(25)27-4)20(24)19(15)18(17)14-9-7-6-8-10-14/h6-10,12,16,18-19H,5,11H2,1-4H3/t12-,16+,18-,19+/m1/s1. The number of esters is 2. The summed E-state index contributed by atoms with van der Waals surface area (Å²) in [5.41, 5.74) is 2.49. The van der Waals surface area contributed by atoms with Crippen LogP contribution in [-0.2, 0) is 23.9 Å². The Labute approximate surface area is 164 Å². The van der Waals surface area contributed by atoms with E-state index in [0.717, 1.165) is 11.3 Å². The molecule has 0 aromatic heterocycles. The number of carbonyl (C=O) groups is 3. The van der Waals surface area contributed by atoms with Gasteiger partial charge in [0.25, 0.3) is 0 Å². The predicted octanol–water partition coefficient (Wildman–Crippen LogP) is 3.08. The van der Waals surface area contributed by atoms with E-state index in [-0.39, 0.29) is 18.3 Å². The molecule has 0 spiro atoms. The van der Waals surface area contributed by atoms with E-state index >= 15 is 0 Å². The Balaban J connectivity index is 2.16. The number of rotatable bonds is 4. The summed E-state index contributed by atoms with van der Waals surface area (Å²) in [4.78, 5) is 43.1. The third-order valence-corrected chi connectivity index (χ3v) is 5.53. The van der Waals surface area contributed by atoms with Crippen LogP contribution in [0.4, 0.5) is 0 Å². The lowest BCUT2D eigenvalue weighted by atomic mass is 9.64. The Kier molecular flexibility index (Phi) is 5.77. The highest BCUT2D eigenvalue weighted by molar-refractivity contribution is 6.17. The maximum atomic E-state index is 13.4. The van der Waals surface area contributed by atoms with Crippen LogP contribution < -0.4 is 0 Å². The van der Waals surface area contributed by atoms with E-state index in [0.29, 0.717) is 17.7 Å². The quantitative estimate of drug-likeness (QED) is 0.589. The third kappa shape index (κ3) is 3.39. The maximum Gasteiger partial charge on any atom is 0.336 e. The van der Waals surface area contributed by atoms with E-state index in [1.165, 1.54) is 7.11 Å². The largest absolute Gasteiger partial charge is 0.468 e. The first-order valence-electron chi connectivity index (χ1n) is 9.52. The molecule has 1 aromatic rings. The van der Waals surface area contributed by atoms with Gasteiger partial charge in [-0.3, -0.25) is 14.6 Å². The van der Waals surface area contributed by atoms with E-state index < -0.39 is 29.7 Å². The molecular weight excluding hydrogens is 358 g/mol. The first-order chi connectivity index (χ1) is 13.4. The van der Waals surface area contributed by atoms with E-state index in [4.69, 9.17) is 9.47 Å². The first-order valence-corrected chi connectivity index (χ1v) is 9.52. The molecule has 1 saturated carbocycles. The molecule has 4 atom stereocenters. The molecular formula is C22H25NO5. The molecule has 1 aliphatic heterocycles. The minimum atomic E-state index is -0.859. The number of ketones is 1. The van der Waals surface area contributed by atoms with Crippen molar-refractivity contribution in [3.05, 3.63) is 47.2 Å². The van der Waals surface area contributed by atoms with Crippen molar-refractivity contribution >= 4 is 23.4 Å². The zero-order chi connectivity index (χ0) is 20.4. The number of methoxy groups -OCH3 is 1. The van der Waals surface area contributed by atoms with Crippen LogP contribution in [0.25, 0.3) is 0 Å². The van der Waals surface area contributed by atoms with Crippen molar-refractivity contribution in [2.45, 2.75) is 33.1 Å². The summed E-state index contributed by atoms with van der Waals surface area (Å²) < 4.78 is 10.1. The van der Waals surface area contributed by atoms with Crippen LogP contribution in [0.3, 0.4) is 0 Å². The Morgan fingerprint density at radius 2 is 1.86 bits per heavy atom. The van der Waals surface area contributed by atoms with Gasteiger partial charge in [-0.2, -0.15) is 0 Å². The van der Waals surface area contributed by atoms with Gasteiger partial charge in [-0.15, -0.1) is 0 Å². The molecule has 148 valence electrons. The fourth-order valence-electron chi connectivity index (χ4n) is 4.33. The van der Waals surface area contributed by atoms with Crippen molar-refractivity contribution in [1.29, 1.82) is 0 Å². The molecule has 0 N–H and O–H groups in total. The van der Waals surface area contributed by atoms with Crippen LogP contribution in [0.2, 0.25) is 0 Å². The van der Waals surface area contributed by atoms with Gasteiger partial charge in [0, 0.05) is 17.3 Å². The summed E-state index contributed by atoms with van der Waals surface area (Å²) >= 11 is 0. The number of aliphatic imine (C=N–C) groups is 1. The average Bonchev–Trinajstić information content (AvgIpc) is 2.67. The monoisotopic (exact) mass is 383 g/mol. The number of hydrogen-bond donors (Lipinski definition) is 0. The minimum Gasteiger partial charge on any atom is -0.468 e. The van der Waals surface area contributed by atoms with E-state index in [9.17, 15) is 14.4 Å². The van der Waals surface area contributed by atoms with Gasteiger partial charge in [-0.1, -0.05) is 37.3 Å². The van der Waals surface area contributed by atoms with Gasteiger partial charge in [0.05, 0.1) is 25.2 Å². The normalized spacial score (nSPS) is 27.0. The SMILES string of the molecule is CCOC(=O)C1=C(C)N=C2C[C@@H](C)[C@H](C(=O)OC)C(=O)[C@@H]2[C@@H]1c1ccccc1. The lowest BCUT2D eigenvalue weighted by molar-refractivity contribution is -0.152. The van der Waals surface area contributed by atoms with Gasteiger partial charge >= 0.3 is 11.9 Å². The summed E-state index contributed by atoms with van der Waals surface area (Å²) in [7, 11) is 1.29. The fourth-order valence-corrected chi connectivity index (χ4v) is 4.33. The Hall–Kier alpha value is -2.76. The van der Waals surface area contributed by atoms with Gasteiger partial charge in [-0.05, 0) is 31.7 Å². The van der Waals surface area contributed by atoms with Gasteiger partial charge in [0.1, 0.15) is 5.92 Å². The molecule has 0 radical (unpaired) electrons. The molecule has 0 unspecified atom stereocenters. The number of benzene rings is 1. The molecule has 6 heteroatoms. The second-order valence-corrected chi connectivity index (χ2v) is 7.27. The Morgan fingerprint density at radius 1 is 1.18 bits per heavy atom. The molecule has 0 bridgehead atoms. The van der Waals surface area contributed by atoms with Crippen molar-refractivity contribution in [3.63, 3.8) is 0 Å². The van der Waals surface area contributed by atoms with Crippen molar-refractivity contribution in [2.24, 2.45) is 22.7 Å². The van der Waals surface area contributed by atoms with E-state index in [1.54, 1.807) is 13.8 Å². The third-order valence-electron chi connectivity index (χ3n) is 5.53. The van der Waals surface area contributed by atoms with Crippen LogP contribution in [0, 0.1) is 17.8 Å². The molecule has 28 heavy (non-hydrogen) atoms. The molecule has 0 amide bonds. The van der Waals surface area contributed by atoms with Crippen molar-refractivity contribution in [3.8, 4) is 0 Å². The van der Waals surface area contributed by atoms with Crippen LogP contribution in [0.1, 0.15) is 38.7 Å². The molecule has 1 fully saturated rings. The number of Topliss-reactive ketones (excluding diaryl/α,β-unsaturated/α-hetero) is 1. The van der Waals surface area contributed by atoms with Crippen LogP contribution >= 0.6 is 0 Å². The number of carbonyl (C=O) groups excluding carboxylic acids is 3. The Bertz CT molecular complexity index is 855. The van der Waals surface area contributed by atoms with Crippen molar-refractivity contribution in [1.82, 2.24) is 0 Å². The summed E-state index contributed by atoms with van der Waals surface area (Å²) in [5.74, 6) is -3.52. The highest BCUT2D eigenvalue weighted by atomic mass is 16.5. The maximum absolute atomic E-state index is 13.4. The summed E-state index contributed by atoms with van der Waals surface area (Å²) in [6, 6.07) is 9.39. The fraction of sp³-hybridized carbons (Fsp3) is 0.455. The lowest BCUT2D eigenvalue weighted by Gasteiger charge is -2.40. The topological polar surface area (TPSA) is 82.0 Å². The molecule has 2 aliphatic rings. The van der Waals surface area contributed by atoms with Crippen LogP contribution in [0.5, 0.6) is 0 Å². The summed E-state index contributed by atoms with van der Waals surface area (Å²) in [6.45, 7) is 5.60. The molecule has 3 rings (SSSR count). The number of ether oxygens (including phenoxy) is 2. The van der Waals surface area contributed by atoms with E-state index in [2.05, 4.69) is 4.99 Å². The lowest BCUT2D eigenvalue weighted by Crippen LogP contribution is -2.48. The predicted molar refractivity (Wildman–Crippen MR) is 104 cm³/mol. The second-order valence-electron chi connectivity index (χ2n) is 7.27. The van der Waals surface area contributed by atoms with Crippen molar-refractivity contribution in [2.75, 3.05) is 13.7 Å². The van der Waals surface area contributed by atoms with Crippen molar-refractivity contribution < 1.29 is 23.9 Å². The first kappa shape index (κ1) is 20.0. The van der Waals surface area contributed by atoms with Gasteiger partial charge < -0.3 is 9.47 Å². The highest BCUT2D eigenvalue weighted by Crippen LogP contribution is 2.45. The van der Waals surface area contributed by atoms with Gasteiger partial charge in [0.15, 0.2) is 5.78 Å². The highest BCUT2D eigenvalue weighted by Gasteiger charge is 2.51. The average molecular weight is 383 g/mol. The minimum absolute atomic E-state index is 0.205. The van der Waals surface area contributed by atoms with E-state index in [1.807, 2.05) is 37.3 Å². The number of nitrogens with zero attached hydrogens (tertiary/aromatic N) is 1. The van der Waals surface area contributed by atoms with Crippen LogP contribution in [-0.4, -0.2) is 37.2 Å². The van der Waals surface area contributed by atoms with Crippen LogP contribution in [0.15, 0.2) is 46.6 Å². The molecule has 1 heterocycles. The second kappa shape index (κ2) is 8.09. The number of allylic oxidation sites excluding steroid dienone is 1. The molecule has 1 aromatic carbocycles. The molecule has 6 nitrogen and oxygen atoms in total. The smallest absolute Gasteiger partial charge is 0.336 e. The zero-order valence-electron chi connectivity index (χ0n) is 16.6. The zero-order valence-corrected chi connectivity index (χ0v) is 16.6. The summed E-state index contributed by atoms with van der Waals surface area (Å²) in [5, 5.41) is 0. The summed E-state index contributed by atoms with van der Waals surface area (Å²) in [6.07, 6.45) is 0.507. The van der Waals surface area contributed by atoms with Gasteiger partial charge in [-0.25, -0.2) is 4.79 Å². The number of hydrogen-bond acceptors (Lipinski definition) is 6. The number of fused-ring (bicyclic) bond motifs is 1. The van der Waals surface area contributed by atoms with Gasteiger partial charge in [0.2, 0.25) is 0 Å². The molecule has 0 saturated heterocycles. The molecule has 1 aliphatic carbocycles.